The van der Waals surface area contributed by atoms with Gasteiger partial charge in [0.1, 0.15) is 5.56 Å². The molecule has 0 saturated carbocycles. The summed E-state index contributed by atoms with van der Waals surface area (Å²) in [5.74, 6) is -0.433. The Balaban J connectivity index is 2.21. The minimum Gasteiger partial charge on any atom is -0.462 e. The van der Waals surface area contributed by atoms with Crippen LogP contribution in [0.2, 0.25) is 0 Å². The molecule has 2 rings (SSSR count). The van der Waals surface area contributed by atoms with E-state index in [2.05, 4.69) is 5.16 Å². The number of esters is 1. The largest absolute Gasteiger partial charge is 0.462 e. The van der Waals surface area contributed by atoms with Crippen LogP contribution in [0.1, 0.15) is 23.7 Å². The first-order chi connectivity index (χ1) is 8.67. The topological polar surface area (TPSA) is 98.7 Å². The summed E-state index contributed by atoms with van der Waals surface area (Å²) < 4.78 is 9.87. The molecule has 1 aromatic heterocycles. The highest BCUT2D eigenvalue weighted by Gasteiger charge is 2.35. The Bertz CT molecular complexity index is 457. The Morgan fingerprint density at radius 1 is 1.72 bits per heavy atom. The van der Waals surface area contributed by atoms with Crippen molar-refractivity contribution in [1.29, 1.82) is 0 Å². The molecule has 1 aromatic rings. The van der Waals surface area contributed by atoms with Crippen molar-refractivity contribution in [3.05, 3.63) is 11.8 Å². The lowest BCUT2D eigenvalue weighted by Crippen LogP contribution is -2.27. The maximum Gasteiger partial charge on any atom is 0.345 e. The number of amides is 1. The first kappa shape index (κ1) is 12.6. The first-order valence-electron chi connectivity index (χ1n) is 5.79. The lowest BCUT2D eigenvalue weighted by molar-refractivity contribution is -0.117. The quantitative estimate of drug-likeness (QED) is 0.767. The van der Waals surface area contributed by atoms with Gasteiger partial charge in [-0.2, -0.15) is 0 Å². The molecule has 2 N–H and O–H groups in total. The molecule has 7 heteroatoms. The molecule has 1 aliphatic rings. The number of rotatable bonds is 4. The molecule has 0 spiro atoms. The van der Waals surface area contributed by atoms with Crippen LogP contribution in [0.3, 0.4) is 0 Å². The maximum absolute atomic E-state index is 11.8. The van der Waals surface area contributed by atoms with E-state index in [0.29, 0.717) is 19.5 Å². The van der Waals surface area contributed by atoms with Crippen LogP contribution >= 0.6 is 0 Å². The first-order valence-corrected chi connectivity index (χ1v) is 5.79. The fraction of sp³-hybridized carbons (Fsp3) is 0.545. The van der Waals surface area contributed by atoms with Gasteiger partial charge >= 0.3 is 5.97 Å². The van der Waals surface area contributed by atoms with E-state index in [-0.39, 0.29) is 29.9 Å². The predicted molar refractivity (Wildman–Crippen MR) is 62.0 cm³/mol. The highest BCUT2D eigenvalue weighted by molar-refractivity contribution is 6.01. The summed E-state index contributed by atoms with van der Waals surface area (Å²) in [6.07, 6.45) is 1.62. The van der Waals surface area contributed by atoms with E-state index in [1.54, 1.807) is 6.92 Å². The Labute approximate surface area is 104 Å². The molecule has 1 amide bonds. The lowest BCUT2D eigenvalue weighted by Gasteiger charge is -2.13. The number of carbonyl (C=O) groups excluding carboxylic acids is 2. The summed E-state index contributed by atoms with van der Waals surface area (Å²) in [4.78, 5) is 24.9. The molecule has 7 nitrogen and oxygen atoms in total. The third-order valence-electron chi connectivity index (χ3n) is 2.83. The number of hydrogen-bond donors (Lipinski definition) is 1. The van der Waals surface area contributed by atoms with E-state index in [0.717, 1.165) is 0 Å². The molecule has 98 valence electrons. The Morgan fingerprint density at radius 2 is 2.50 bits per heavy atom. The van der Waals surface area contributed by atoms with Crippen LogP contribution < -0.4 is 10.6 Å². The minimum absolute atomic E-state index is 0.0812. The van der Waals surface area contributed by atoms with Crippen molar-refractivity contribution in [3.63, 3.8) is 0 Å². The molecule has 0 radical (unpaired) electrons. The van der Waals surface area contributed by atoms with Gasteiger partial charge in [-0.3, -0.25) is 9.69 Å². The molecule has 1 saturated heterocycles. The van der Waals surface area contributed by atoms with Gasteiger partial charge in [0.15, 0.2) is 0 Å². The highest BCUT2D eigenvalue weighted by Crippen LogP contribution is 2.28. The predicted octanol–water partition coefficient (Wildman–Crippen LogP) is 0.163. The second kappa shape index (κ2) is 5.18. The van der Waals surface area contributed by atoms with Crippen LogP contribution in [0.5, 0.6) is 0 Å². The molecule has 18 heavy (non-hydrogen) atoms. The molecule has 1 aliphatic heterocycles. The van der Waals surface area contributed by atoms with Crippen molar-refractivity contribution in [3.8, 4) is 0 Å². The van der Waals surface area contributed by atoms with Crippen molar-refractivity contribution >= 4 is 17.8 Å². The second-order valence-corrected chi connectivity index (χ2v) is 4.08. The summed E-state index contributed by atoms with van der Waals surface area (Å²) in [5, 5.41) is 3.55. The van der Waals surface area contributed by atoms with Gasteiger partial charge in [-0.05, 0) is 19.4 Å². The number of aromatic nitrogens is 1. The van der Waals surface area contributed by atoms with Crippen LogP contribution in [0.4, 0.5) is 5.88 Å². The summed E-state index contributed by atoms with van der Waals surface area (Å²) in [6, 6.07) is 0. The fourth-order valence-electron chi connectivity index (χ4n) is 1.91. The molecule has 0 aromatic carbocycles. The molecule has 0 bridgehead atoms. The van der Waals surface area contributed by atoms with E-state index >= 15 is 0 Å². The summed E-state index contributed by atoms with van der Waals surface area (Å²) >= 11 is 0. The van der Waals surface area contributed by atoms with Gasteiger partial charge in [-0.1, -0.05) is 5.16 Å². The van der Waals surface area contributed by atoms with Crippen LogP contribution in [0.15, 0.2) is 10.7 Å². The maximum atomic E-state index is 11.8. The van der Waals surface area contributed by atoms with Gasteiger partial charge < -0.3 is 15.0 Å². The fourth-order valence-corrected chi connectivity index (χ4v) is 1.91. The van der Waals surface area contributed by atoms with Crippen molar-refractivity contribution < 1.29 is 18.8 Å². The van der Waals surface area contributed by atoms with Gasteiger partial charge in [-0.25, -0.2) is 4.79 Å². The summed E-state index contributed by atoms with van der Waals surface area (Å²) in [6.45, 7) is 2.82. The number of nitrogens with zero attached hydrogens (tertiary/aromatic N) is 2. The Kier molecular flexibility index (Phi) is 3.61. The summed E-state index contributed by atoms with van der Waals surface area (Å²) in [7, 11) is 0. The van der Waals surface area contributed by atoms with Gasteiger partial charge in [0, 0.05) is 13.0 Å². The van der Waals surface area contributed by atoms with Gasteiger partial charge in [0.25, 0.3) is 0 Å². The van der Waals surface area contributed by atoms with Crippen LogP contribution in [0, 0.1) is 5.92 Å². The van der Waals surface area contributed by atoms with Crippen molar-refractivity contribution in [2.75, 3.05) is 24.6 Å². The zero-order chi connectivity index (χ0) is 13.1. The molecular formula is C11H15N3O4. The van der Waals surface area contributed by atoms with E-state index in [4.69, 9.17) is 15.0 Å². The zero-order valence-corrected chi connectivity index (χ0v) is 10.1. The van der Waals surface area contributed by atoms with Crippen LogP contribution in [0.25, 0.3) is 0 Å². The molecular weight excluding hydrogens is 238 g/mol. The van der Waals surface area contributed by atoms with Gasteiger partial charge in [0.2, 0.25) is 11.8 Å². The molecule has 1 unspecified atom stereocenters. The SMILES string of the molecule is CCOC(=O)c1cnoc1N1CC(CN)CC1=O. The highest BCUT2D eigenvalue weighted by atomic mass is 16.5. The number of carbonyl (C=O) groups is 2. The van der Waals surface area contributed by atoms with Crippen LogP contribution in [-0.2, 0) is 9.53 Å². The van der Waals surface area contributed by atoms with E-state index in [9.17, 15) is 9.59 Å². The monoisotopic (exact) mass is 253 g/mol. The van der Waals surface area contributed by atoms with Crippen molar-refractivity contribution in [1.82, 2.24) is 5.16 Å². The lowest BCUT2D eigenvalue weighted by atomic mass is 10.1. The minimum atomic E-state index is -0.544. The van der Waals surface area contributed by atoms with E-state index < -0.39 is 5.97 Å². The number of anilines is 1. The standard InChI is InChI=1S/C11H15N3O4/c1-2-17-11(16)8-5-13-18-10(8)14-6-7(4-12)3-9(14)15/h5,7H,2-4,6,12H2,1H3. The average molecular weight is 253 g/mol. The van der Waals surface area contributed by atoms with E-state index in [1.807, 2.05) is 0 Å². The molecule has 0 aliphatic carbocycles. The van der Waals surface area contributed by atoms with Crippen LogP contribution in [-0.4, -0.2) is 36.7 Å². The van der Waals surface area contributed by atoms with Gasteiger partial charge in [0.05, 0.1) is 12.8 Å². The smallest absolute Gasteiger partial charge is 0.345 e. The average Bonchev–Trinajstić information content (AvgIpc) is 2.94. The van der Waals surface area contributed by atoms with E-state index in [1.165, 1.54) is 11.1 Å². The van der Waals surface area contributed by atoms with Crippen molar-refractivity contribution in [2.45, 2.75) is 13.3 Å². The Morgan fingerprint density at radius 3 is 3.11 bits per heavy atom. The van der Waals surface area contributed by atoms with Crippen molar-refractivity contribution in [2.24, 2.45) is 11.7 Å². The number of nitrogens with two attached hydrogens (primary N) is 1. The number of ether oxygens (including phenoxy) is 1. The zero-order valence-electron chi connectivity index (χ0n) is 10.1. The second-order valence-electron chi connectivity index (χ2n) is 4.08. The molecule has 1 fully saturated rings. The molecule has 2 heterocycles. The third kappa shape index (κ3) is 2.21. The summed E-state index contributed by atoms with van der Waals surface area (Å²) in [5.41, 5.74) is 5.71. The number of hydrogen-bond acceptors (Lipinski definition) is 6. The van der Waals surface area contributed by atoms with Gasteiger partial charge in [-0.15, -0.1) is 0 Å². The molecule has 1 atom stereocenters. The Hall–Kier alpha value is -1.89. The third-order valence-corrected chi connectivity index (χ3v) is 2.83. The normalized spacial score (nSPS) is 19.3.